The summed E-state index contributed by atoms with van der Waals surface area (Å²) in [6.45, 7) is 4.20. The van der Waals surface area contributed by atoms with Gasteiger partial charge in [-0.15, -0.1) is 0 Å². The van der Waals surface area contributed by atoms with Crippen molar-refractivity contribution in [3.05, 3.63) is 59.7 Å². The minimum Gasteiger partial charge on any atom is -0.496 e. The first kappa shape index (κ1) is 19.8. The zero-order valence-electron chi connectivity index (χ0n) is 15.8. The van der Waals surface area contributed by atoms with Gasteiger partial charge in [0.25, 0.3) is 0 Å². The second kappa shape index (κ2) is 10.5. The van der Waals surface area contributed by atoms with E-state index in [1.165, 1.54) is 0 Å². The Labute approximate surface area is 155 Å². The largest absolute Gasteiger partial charge is 0.496 e. The van der Waals surface area contributed by atoms with E-state index < -0.39 is 0 Å². The number of nitrogens with one attached hydrogen (secondary N) is 1. The number of carbonyl (C=O) groups excluding carboxylic acids is 1. The number of para-hydroxylation sites is 2. The van der Waals surface area contributed by atoms with Gasteiger partial charge < -0.3 is 14.8 Å². The van der Waals surface area contributed by atoms with Crippen LogP contribution in [0.1, 0.15) is 11.1 Å². The van der Waals surface area contributed by atoms with E-state index >= 15 is 0 Å². The van der Waals surface area contributed by atoms with Gasteiger partial charge in [-0.25, -0.2) is 0 Å². The van der Waals surface area contributed by atoms with Crippen LogP contribution < -0.4 is 14.8 Å². The molecule has 2 aromatic carbocycles. The molecule has 1 N–H and O–H groups in total. The second-order valence-electron chi connectivity index (χ2n) is 6.26. The highest BCUT2D eigenvalue weighted by atomic mass is 16.5. The zero-order chi connectivity index (χ0) is 18.8. The standard InChI is InChI=1S/C21H28N2O3/c1-17-8-4-6-10-19(17)26-15-14-23(2)16-21(24)22-13-12-18-9-5-7-11-20(18)25-3/h4-11H,12-16H2,1-3H3,(H,22,24). The van der Waals surface area contributed by atoms with E-state index in [9.17, 15) is 4.79 Å². The van der Waals surface area contributed by atoms with E-state index in [2.05, 4.69) is 5.32 Å². The van der Waals surface area contributed by atoms with Crippen molar-refractivity contribution in [1.82, 2.24) is 10.2 Å². The molecule has 0 aliphatic rings. The monoisotopic (exact) mass is 356 g/mol. The van der Waals surface area contributed by atoms with Crippen LogP contribution in [0, 0.1) is 6.92 Å². The van der Waals surface area contributed by atoms with Crippen molar-refractivity contribution >= 4 is 5.91 Å². The Balaban J connectivity index is 1.65. The SMILES string of the molecule is COc1ccccc1CCNC(=O)CN(C)CCOc1ccccc1C. The molecule has 0 saturated carbocycles. The number of nitrogens with zero attached hydrogens (tertiary/aromatic N) is 1. The maximum atomic E-state index is 12.1. The summed E-state index contributed by atoms with van der Waals surface area (Å²) in [6, 6.07) is 15.8. The van der Waals surface area contributed by atoms with Crippen molar-refractivity contribution in [2.24, 2.45) is 0 Å². The minimum atomic E-state index is 0.0123. The number of amides is 1. The van der Waals surface area contributed by atoms with Crippen LogP contribution in [0.3, 0.4) is 0 Å². The smallest absolute Gasteiger partial charge is 0.234 e. The van der Waals surface area contributed by atoms with E-state index in [-0.39, 0.29) is 5.91 Å². The van der Waals surface area contributed by atoms with E-state index in [0.29, 0.717) is 26.2 Å². The van der Waals surface area contributed by atoms with Crippen LogP contribution in [0.25, 0.3) is 0 Å². The van der Waals surface area contributed by atoms with Crippen LogP contribution in [-0.2, 0) is 11.2 Å². The molecule has 0 fully saturated rings. The van der Waals surface area contributed by atoms with E-state index in [1.807, 2.05) is 67.4 Å². The van der Waals surface area contributed by atoms with Crippen molar-refractivity contribution in [2.75, 3.05) is 40.4 Å². The molecule has 2 rings (SSSR count). The Morgan fingerprint density at radius 2 is 1.77 bits per heavy atom. The summed E-state index contributed by atoms with van der Waals surface area (Å²) in [7, 11) is 3.58. The molecule has 0 radical (unpaired) electrons. The number of likely N-dealkylation sites (N-methyl/N-ethyl adjacent to an activating group) is 1. The summed E-state index contributed by atoms with van der Waals surface area (Å²) in [5.74, 6) is 1.76. The quantitative estimate of drug-likeness (QED) is 0.711. The van der Waals surface area contributed by atoms with Gasteiger partial charge in [0.1, 0.15) is 18.1 Å². The second-order valence-corrected chi connectivity index (χ2v) is 6.26. The third kappa shape index (κ3) is 6.41. The van der Waals surface area contributed by atoms with Crippen molar-refractivity contribution in [3.8, 4) is 11.5 Å². The van der Waals surface area contributed by atoms with Crippen LogP contribution in [0.2, 0.25) is 0 Å². The van der Waals surface area contributed by atoms with Gasteiger partial charge in [0, 0.05) is 13.1 Å². The molecule has 0 aliphatic carbocycles. The predicted molar refractivity (Wildman–Crippen MR) is 104 cm³/mol. The van der Waals surface area contributed by atoms with E-state index in [0.717, 1.165) is 29.0 Å². The molecule has 0 unspecified atom stereocenters. The molecule has 1 amide bonds. The van der Waals surface area contributed by atoms with Crippen molar-refractivity contribution < 1.29 is 14.3 Å². The number of ether oxygens (including phenoxy) is 2. The molecule has 2 aromatic rings. The molecule has 0 heterocycles. The fourth-order valence-corrected chi connectivity index (χ4v) is 2.66. The van der Waals surface area contributed by atoms with Gasteiger partial charge in [0.2, 0.25) is 5.91 Å². The van der Waals surface area contributed by atoms with Gasteiger partial charge in [-0.1, -0.05) is 36.4 Å². The third-order valence-electron chi connectivity index (χ3n) is 4.15. The molecule has 0 saturated heterocycles. The summed E-state index contributed by atoms with van der Waals surface area (Å²) in [6.07, 6.45) is 0.746. The maximum absolute atomic E-state index is 12.1. The topological polar surface area (TPSA) is 50.8 Å². The highest BCUT2D eigenvalue weighted by molar-refractivity contribution is 5.77. The summed E-state index contributed by atoms with van der Waals surface area (Å²) in [4.78, 5) is 14.0. The first-order chi connectivity index (χ1) is 12.6. The number of hydrogen-bond donors (Lipinski definition) is 1. The fraction of sp³-hybridized carbons (Fsp3) is 0.381. The van der Waals surface area contributed by atoms with Gasteiger partial charge in [-0.2, -0.15) is 0 Å². The van der Waals surface area contributed by atoms with Crippen molar-refractivity contribution in [2.45, 2.75) is 13.3 Å². The predicted octanol–water partition coefficient (Wildman–Crippen LogP) is 2.67. The highest BCUT2D eigenvalue weighted by Gasteiger charge is 2.08. The first-order valence-electron chi connectivity index (χ1n) is 8.85. The summed E-state index contributed by atoms with van der Waals surface area (Å²) in [5, 5.41) is 2.95. The number of hydrogen-bond acceptors (Lipinski definition) is 4. The summed E-state index contributed by atoms with van der Waals surface area (Å²) < 4.78 is 11.1. The summed E-state index contributed by atoms with van der Waals surface area (Å²) >= 11 is 0. The van der Waals surface area contributed by atoms with Gasteiger partial charge in [-0.3, -0.25) is 9.69 Å². The molecule has 0 atom stereocenters. The lowest BCUT2D eigenvalue weighted by Crippen LogP contribution is -2.37. The molecular formula is C21H28N2O3. The zero-order valence-corrected chi connectivity index (χ0v) is 15.8. The Bertz CT molecular complexity index is 703. The Morgan fingerprint density at radius 1 is 1.08 bits per heavy atom. The van der Waals surface area contributed by atoms with Crippen molar-refractivity contribution in [1.29, 1.82) is 0 Å². The van der Waals surface area contributed by atoms with E-state index in [1.54, 1.807) is 7.11 Å². The number of rotatable bonds is 10. The molecule has 0 bridgehead atoms. The maximum Gasteiger partial charge on any atom is 0.234 e. The molecule has 140 valence electrons. The van der Waals surface area contributed by atoms with E-state index in [4.69, 9.17) is 9.47 Å². The minimum absolute atomic E-state index is 0.0123. The number of carbonyl (C=O) groups is 1. The van der Waals surface area contributed by atoms with Crippen LogP contribution in [0.4, 0.5) is 0 Å². The van der Waals surface area contributed by atoms with Gasteiger partial charge in [0.05, 0.1) is 13.7 Å². The Hall–Kier alpha value is -2.53. The molecule has 0 aliphatic heterocycles. The molecule has 5 nitrogen and oxygen atoms in total. The number of benzene rings is 2. The van der Waals surface area contributed by atoms with Crippen LogP contribution in [0.15, 0.2) is 48.5 Å². The molecule has 0 aromatic heterocycles. The number of aryl methyl sites for hydroxylation is 1. The molecule has 26 heavy (non-hydrogen) atoms. The number of methoxy groups -OCH3 is 1. The summed E-state index contributed by atoms with van der Waals surface area (Å²) in [5.41, 5.74) is 2.21. The Kier molecular flexibility index (Phi) is 7.96. The van der Waals surface area contributed by atoms with Gasteiger partial charge in [0.15, 0.2) is 0 Å². The lowest BCUT2D eigenvalue weighted by molar-refractivity contribution is -0.121. The molecule has 0 spiro atoms. The Morgan fingerprint density at radius 3 is 2.50 bits per heavy atom. The van der Waals surface area contributed by atoms with Crippen molar-refractivity contribution in [3.63, 3.8) is 0 Å². The average molecular weight is 356 g/mol. The average Bonchev–Trinajstić information content (AvgIpc) is 2.63. The van der Waals surface area contributed by atoms with Gasteiger partial charge in [-0.05, 0) is 43.7 Å². The lowest BCUT2D eigenvalue weighted by atomic mass is 10.1. The third-order valence-corrected chi connectivity index (χ3v) is 4.15. The van der Waals surface area contributed by atoms with Crippen LogP contribution >= 0.6 is 0 Å². The normalized spacial score (nSPS) is 10.6. The van der Waals surface area contributed by atoms with Gasteiger partial charge >= 0.3 is 0 Å². The fourth-order valence-electron chi connectivity index (χ4n) is 2.66. The lowest BCUT2D eigenvalue weighted by Gasteiger charge is -2.17. The van der Waals surface area contributed by atoms with Crippen LogP contribution in [-0.4, -0.2) is 51.2 Å². The first-order valence-corrected chi connectivity index (χ1v) is 8.85. The molecule has 5 heteroatoms. The molecular weight excluding hydrogens is 328 g/mol. The van der Waals surface area contributed by atoms with Crippen LogP contribution in [0.5, 0.6) is 11.5 Å². The highest BCUT2D eigenvalue weighted by Crippen LogP contribution is 2.17.